The monoisotopic (exact) mass is 370 g/mol. The van der Waals surface area contributed by atoms with Crippen LogP contribution in [-0.2, 0) is 21.9 Å². The van der Waals surface area contributed by atoms with Gasteiger partial charge in [-0.25, -0.2) is 9.37 Å². The summed E-state index contributed by atoms with van der Waals surface area (Å²) in [5.74, 6) is -2.48. The highest BCUT2D eigenvalue weighted by atomic mass is 19.3. The van der Waals surface area contributed by atoms with Crippen LogP contribution in [0.5, 0.6) is 0 Å². The number of nitrogens with zero attached hydrogens (tertiary/aromatic N) is 4. The molecule has 9 heteroatoms. The molecule has 1 aromatic rings. The second-order valence-corrected chi connectivity index (χ2v) is 7.34. The molecule has 142 valence electrons. The molecular weight excluding hydrogens is 349 g/mol. The van der Waals surface area contributed by atoms with E-state index >= 15 is 0 Å². The SMILES string of the molecule is COC(=O)CC1CN(c2nc(N3C[C@@H](F)[C@H]3C)nc3c2CCC3(F)F)C1. The van der Waals surface area contributed by atoms with Crippen LogP contribution in [-0.4, -0.2) is 54.9 Å². The van der Waals surface area contributed by atoms with Crippen molar-refractivity contribution in [2.45, 2.75) is 44.3 Å². The molecule has 6 nitrogen and oxygen atoms in total. The summed E-state index contributed by atoms with van der Waals surface area (Å²) in [6, 6.07) is -0.417. The molecule has 0 amide bonds. The second-order valence-electron chi connectivity index (χ2n) is 7.34. The van der Waals surface area contributed by atoms with Crippen molar-refractivity contribution < 1.29 is 22.7 Å². The van der Waals surface area contributed by atoms with Gasteiger partial charge in [0.05, 0.1) is 26.1 Å². The number of carbonyl (C=O) groups excluding carboxylic acids is 1. The van der Waals surface area contributed by atoms with E-state index in [1.807, 2.05) is 4.90 Å². The third-order valence-corrected chi connectivity index (χ3v) is 5.59. The number of fused-ring (bicyclic) bond motifs is 1. The third kappa shape index (κ3) is 2.68. The minimum absolute atomic E-state index is 0.121. The van der Waals surface area contributed by atoms with Crippen LogP contribution < -0.4 is 9.80 Å². The van der Waals surface area contributed by atoms with Crippen molar-refractivity contribution in [3.8, 4) is 0 Å². The average molecular weight is 370 g/mol. The Hall–Kier alpha value is -2.06. The predicted molar refractivity (Wildman–Crippen MR) is 88.3 cm³/mol. The van der Waals surface area contributed by atoms with Crippen LogP contribution in [0.15, 0.2) is 0 Å². The van der Waals surface area contributed by atoms with Gasteiger partial charge in [0.25, 0.3) is 5.92 Å². The molecule has 0 bridgehead atoms. The zero-order valence-electron chi connectivity index (χ0n) is 14.7. The molecule has 3 aliphatic rings. The van der Waals surface area contributed by atoms with Gasteiger partial charge in [-0.2, -0.15) is 13.8 Å². The fourth-order valence-corrected chi connectivity index (χ4v) is 3.80. The molecule has 0 aromatic carbocycles. The van der Waals surface area contributed by atoms with Crippen LogP contribution in [0, 0.1) is 5.92 Å². The van der Waals surface area contributed by atoms with Gasteiger partial charge < -0.3 is 14.5 Å². The van der Waals surface area contributed by atoms with Crippen LogP contribution in [0.3, 0.4) is 0 Å². The second kappa shape index (κ2) is 5.99. The number of carbonyl (C=O) groups is 1. The van der Waals surface area contributed by atoms with E-state index in [1.54, 1.807) is 11.8 Å². The first-order valence-corrected chi connectivity index (χ1v) is 8.82. The molecule has 0 saturated carbocycles. The Morgan fingerprint density at radius 2 is 2.04 bits per heavy atom. The molecule has 2 atom stereocenters. The number of ether oxygens (including phenoxy) is 1. The van der Waals surface area contributed by atoms with Crippen LogP contribution in [0.2, 0.25) is 0 Å². The van der Waals surface area contributed by atoms with Gasteiger partial charge in [0.2, 0.25) is 5.95 Å². The van der Waals surface area contributed by atoms with E-state index in [1.165, 1.54) is 7.11 Å². The van der Waals surface area contributed by atoms with Gasteiger partial charge in [0.15, 0.2) is 0 Å². The van der Waals surface area contributed by atoms with E-state index < -0.39 is 18.1 Å². The van der Waals surface area contributed by atoms with Gasteiger partial charge >= 0.3 is 5.97 Å². The molecule has 2 fully saturated rings. The van der Waals surface area contributed by atoms with E-state index in [-0.39, 0.29) is 42.9 Å². The van der Waals surface area contributed by atoms with Gasteiger partial charge in [-0.15, -0.1) is 0 Å². The van der Waals surface area contributed by atoms with Crippen LogP contribution >= 0.6 is 0 Å². The van der Waals surface area contributed by atoms with Crippen molar-refractivity contribution >= 4 is 17.7 Å². The first-order chi connectivity index (χ1) is 12.3. The fourth-order valence-electron chi connectivity index (χ4n) is 3.80. The van der Waals surface area contributed by atoms with Crippen molar-refractivity contribution in [3.05, 3.63) is 11.3 Å². The Morgan fingerprint density at radius 1 is 1.31 bits per heavy atom. The zero-order valence-corrected chi connectivity index (χ0v) is 14.7. The van der Waals surface area contributed by atoms with Crippen molar-refractivity contribution in [1.82, 2.24) is 9.97 Å². The summed E-state index contributed by atoms with van der Waals surface area (Å²) in [5, 5.41) is 0. The Balaban J connectivity index is 1.61. The maximum Gasteiger partial charge on any atom is 0.305 e. The minimum atomic E-state index is -2.98. The van der Waals surface area contributed by atoms with Gasteiger partial charge in [0, 0.05) is 31.0 Å². The molecule has 26 heavy (non-hydrogen) atoms. The summed E-state index contributed by atoms with van der Waals surface area (Å²) >= 11 is 0. The number of hydrogen-bond donors (Lipinski definition) is 0. The molecule has 0 unspecified atom stereocenters. The minimum Gasteiger partial charge on any atom is -0.469 e. The lowest BCUT2D eigenvalue weighted by molar-refractivity contribution is -0.141. The molecule has 2 aliphatic heterocycles. The summed E-state index contributed by atoms with van der Waals surface area (Å²) in [7, 11) is 1.34. The molecule has 3 heterocycles. The highest BCUT2D eigenvalue weighted by molar-refractivity contribution is 5.70. The topological polar surface area (TPSA) is 58.6 Å². The molecule has 0 spiro atoms. The lowest BCUT2D eigenvalue weighted by Gasteiger charge is -2.44. The molecule has 0 N–H and O–H groups in total. The zero-order chi connectivity index (χ0) is 18.6. The number of esters is 1. The number of aromatic nitrogens is 2. The lowest BCUT2D eigenvalue weighted by Crippen LogP contribution is -2.57. The quantitative estimate of drug-likeness (QED) is 0.757. The summed E-state index contributed by atoms with van der Waals surface area (Å²) in [4.78, 5) is 23.5. The number of hydrogen-bond acceptors (Lipinski definition) is 6. The number of anilines is 2. The van der Waals surface area contributed by atoms with Crippen molar-refractivity contribution in [3.63, 3.8) is 0 Å². The van der Waals surface area contributed by atoms with Gasteiger partial charge in [-0.05, 0) is 13.3 Å². The van der Waals surface area contributed by atoms with E-state index in [9.17, 15) is 18.0 Å². The Morgan fingerprint density at radius 3 is 2.65 bits per heavy atom. The summed E-state index contributed by atoms with van der Waals surface area (Å²) in [5.41, 5.74) is 0.240. The molecule has 1 aromatic heterocycles. The number of rotatable bonds is 4. The van der Waals surface area contributed by atoms with Crippen molar-refractivity contribution in [1.29, 1.82) is 0 Å². The van der Waals surface area contributed by atoms with E-state index in [4.69, 9.17) is 0 Å². The summed E-state index contributed by atoms with van der Waals surface area (Å²) < 4.78 is 46.7. The highest BCUT2D eigenvalue weighted by Gasteiger charge is 2.46. The normalized spacial score (nSPS) is 27.0. The molecule has 4 rings (SSSR count). The fraction of sp³-hybridized carbons (Fsp3) is 0.706. The number of methoxy groups -OCH3 is 1. The third-order valence-electron chi connectivity index (χ3n) is 5.59. The van der Waals surface area contributed by atoms with E-state index in [2.05, 4.69) is 14.7 Å². The van der Waals surface area contributed by atoms with Crippen molar-refractivity contribution in [2.24, 2.45) is 5.92 Å². The first-order valence-electron chi connectivity index (χ1n) is 8.82. The van der Waals surface area contributed by atoms with E-state index in [0.29, 0.717) is 30.9 Å². The lowest BCUT2D eigenvalue weighted by atomic mass is 9.95. The maximum atomic E-state index is 14.3. The predicted octanol–water partition coefficient (Wildman–Crippen LogP) is 2.06. The average Bonchev–Trinajstić information content (AvgIpc) is 2.89. The van der Waals surface area contributed by atoms with Crippen molar-refractivity contribution in [2.75, 3.05) is 36.5 Å². The largest absolute Gasteiger partial charge is 0.469 e. The smallest absolute Gasteiger partial charge is 0.305 e. The van der Waals surface area contributed by atoms with Gasteiger partial charge in [-0.1, -0.05) is 0 Å². The van der Waals surface area contributed by atoms with Crippen LogP contribution in [0.1, 0.15) is 31.0 Å². The highest BCUT2D eigenvalue weighted by Crippen LogP contribution is 2.46. The number of halogens is 3. The summed E-state index contributed by atoms with van der Waals surface area (Å²) in [6.45, 7) is 2.93. The summed E-state index contributed by atoms with van der Waals surface area (Å²) in [6.07, 6.45) is -0.758. The standard InChI is InChI=1S/C17H21F3N4O2/c1-9-12(18)8-24(9)16-21-14-11(3-4-17(14,19)20)15(22-16)23-6-10(7-23)5-13(25)26-2/h9-10,12H,3-8H2,1-2H3/t9-,12-/m1/s1. The van der Waals surface area contributed by atoms with Crippen LogP contribution in [0.4, 0.5) is 24.9 Å². The van der Waals surface area contributed by atoms with Gasteiger partial charge in [0.1, 0.15) is 17.7 Å². The van der Waals surface area contributed by atoms with Crippen LogP contribution in [0.25, 0.3) is 0 Å². The van der Waals surface area contributed by atoms with Gasteiger partial charge in [-0.3, -0.25) is 4.79 Å². The molecule has 0 radical (unpaired) electrons. The van der Waals surface area contributed by atoms with E-state index in [0.717, 1.165) is 0 Å². The maximum absolute atomic E-state index is 14.3. The Labute approximate surface area is 149 Å². The first kappa shape index (κ1) is 17.4. The molecular formula is C17H21F3N4O2. The Kier molecular flexibility index (Phi) is 4.00. The Bertz CT molecular complexity index is 739. The molecule has 1 aliphatic carbocycles. The molecule has 2 saturated heterocycles. The number of alkyl halides is 3.